The SMILES string of the molecule is COc1nn(C(C)C(=O)N/N=C/c2cccc(Cl)c2)cc1[N+](=O)[O-]. The van der Waals surface area contributed by atoms with Crippen LogP contribution in [0, 0.1) is 10.1 Å². The molecule has 0 spiro atoms. The molecule has 9 nitrogen and oxygen atoms in total. The molecule has 126 valence electrons. The molecule has 1 heterocycles. The van der Waals surface area contributed by atoms with Crippen LogP contribution in [0.3, 0.4) is 0 Å². The first-order chi connectivity index (χ1) is 11.4. The first kappa shape index (κ1) is 17.4. The monoisotopic (exact) mass is 351 g/mol. The average Bonchev–Trinajstić information content (AvgIpc) is 2.98. The summed E-state index contributed by atoms with van der Waals surface area (Å²) in [5, 5.41) is 19.1. The van der Waals surface area contributed by atoms with Gasteiger partial charge >= 0.3 is 11.6 Å². The molecule has 1 aromatic heterocycles. The summed E-state index contributed by atoms with van der Waals surface area (Å²) in [6.45, 7) is 1.53. The van der Waals surface area contributed by atoms with Gasteiger partial charge in [-0.05, 0) is 24.6 Å². The average molecular weight is 352 g/mol. The van der Waals surface area contributed by atoms with Crippen LogP contribution < -0.4 is 10.2 Å². The molecule has 0 aliphatic heterocycles. The van der Waals surface area contributed by atoms with Crippen molar-refractivity contribution in [1.82, 2.24) is 15.2 Å². The van der Waals surface area contributed by atoms with Gasteiger partial charge in [0.25, 0.3) is 5.91 Å². The molecule has 0 fully saturated rings. The Hall–Kier alpha value is -2.94. The van der Waals surface area contributed by atoms with Gasteiger partial charge in [-0.15, -0.1) is 5.10 Å². The van der Waals surface area contributed by atoms with Crippen LogP contribution in [0.5, 0.6) is 5.88 Å². The maximum Gasteiger partial charge on any atom is 0.350 e. The van der Waals surface area contributed by atoms with E-state index < -0.39 is 16.9 Å². The Morgan fingerprint density at radius 3 is 2.92 bits per heavy atom. The number of benzene rings is 1. The molecule has 0 radical (unpaired) electrons. The maximum atomic E-state index is 12.1. The standard InChI is InChI=1S/C14H14ClN5O4/c1-9(19-8-12(20(22)23)14(18-19)24-2)13(21)17-16-7-10-4-3-5-11(15)6-10/h3-9H,1-2H3,(H,17,21)/b16-7+. The van der Waals surface area contributed by atoms with E-state index in [0.29, 0.717) is 10.6 Å². The summed E-state index contributed by atoms with van der Waals surface area (Å²) < 4.78 is 5.96. The minimum Gasteiger partial charge on any atom is -0.475 e. The van der Waals surface area contributed by atoms with Gasteiger partial charge in [-0.3, -0.25) is 14.9 Å². The van der Waals surface area contributed by atoms with Crippen molar-refractivity contribution in [2.24, 2.45) is 5.10 Å². The topological polar surface area (TPSA) is 112 Å². The second-order valence-corrected chi connectivity index (χ2v) is 5.16. The van der Waals surface area contributed by atoms with Gasteiger partial charge in [0.15, 0.2) is 0 Å². The van der Waals surface area contributed by atoms with Gasteiger partial charge in [0, 0.05) is 5.02 Å². The number of aromatic nitrogens is 2. The predicted octanol–water partition coefficient (Wildman–Crippen LogP) is 2.16. The van der Waals surface area contributed by atoms with Crippen molar-refractivity contribution >= 4 is 29.4 Å². The van der Waals surface area contributed by atoms with Crippen molar-refractivity contribution in [1.29, 1.82) is 0 Å². The predicted molar refractivity (Wildman–Crippen MR) is 87.3 cm³/mol. The summed E-state index contributed by atoms with van der Waals surface area (Å²) in [6.07, 6.45) is 2.56. The van der Waals surface area contributed by atoms with E-state index in [1.54, 1.807) is 24.3 Å². The highest BCUT2D eigenvalue weighted by Crippen LogP contribution is 2.25. The summed E-state index contributed by atoms with van der Waals surface area (Å²) in [5.41, 5.74) is 2.74. The number of rotatable bonds is 6. The summed E-state index contributed by atoms with van der Waals surface area (Å²) in [4.78, 5) is 22.3. The lowest BCUT2D eigenvalue weighted by atomic mass is 10.2. The van der Waals surface area contributed by atoms with Gasteiger partial charge in [-0.1, -0.05) is 23.7 Å². The number of nitrogens with one attached hydrogen (secondary N) is 1. The lowest BCUT2D eigenvalue weighted by Crippen LogP contribution is -2.27. The van der Waals surface area contributed by atoms with Crippen LogP contribution in [-0.2, 0) is 4.79 Å². The van der Waals surface area contributed by atoms with Crippen LogP contribution in [0.25, 0.3) is 0 Å². The van der Waals surface area contributed by atoms with E-state index in [4.69, 9.17) is 16.3 Å². The lowest BCUT2D eigenvalue weighted by molar-refractivity contribution is -0.385. The normalized spacial score (nSPS) is 12.1. The number of carbonyl (C=O) groups is 1. The molecule has 1 unspecified atom stereocenters. The van der Waals surface area contributed by atoms with Gasteiger partial charge in [0.05, 0.1) is 18.2 Å². The minimum atomic E-state index is -0.816. The van der Waals surface area contributed by atoms with Gasteiger partial charge in [0.1, 0.15) is 12.2 Å². The van der Waals surface area contributed by atoms with Crippen LogP contribution in [0.1, 0.15) is 18.5 Å². The summed E-state index contributed by atoms with van der Waals surface area (Å²) >= 11 is 5.85. The Morgan fingerprint density at radius 1 is 1.58 bits per heavy atom. The molecule has 1 aromatic carbocycles. The van der Waals surface area contributed by atoms with E-state index in [-0.39, 0.29) is 11.6 Å². The fourth-order valence-electron chi connectivity index (χ4n) is 1.81. The highest BCUT2D eigenvalue weighted by atomic mass is 35.5. The van der Waals surface area contributed by atoms with Gasteiger partial charge in [0.2, 0.25) is 0 Å². The van der Waals surface area contributed by atoms with Crippen LogP contribution >= 0.6 is 11.6 Å². The van der Waals surface area contributed by atoms with Crippen molar-refractivity contribution in [3.63, 3.8) is 0 Å². The first-order valence-electron chi connectivity index (χ1n) is 6.78. The van der Waals surface area contributed by atoms with Crippen LogP contribution in [-0.4, -0.2) is 33.9 Å². The molecule has 2 aromatic rings. The quantitative estimate of drug-likeness (QED) is 0.487. The number of amides is 1. The van der Waals surface area contributed by atoms with Crippen molar-refractivity contribution in [3.05, 3.63) is 51.2 Å². The van der Waals surface area contributed by atoms with Crippen molar-refractivity contribution in [2.45, 2.75) is 13.0 Å². The number of carbonyl (C=O) groups excluding carboxylic acids is 1. The second-order valence-electron chi connectivity index (χ2n) is 4.73. The molecule has 0 saturated carbocycles. The molecule has 1 atom stereocenters. The van der Waals surface area contributed by atoms with Crippen molar-refractivity contribution in [2.75, 3.05) is 7.11 Å². The fourth-order valence-corrected chi connectivity index (χ4v) is 2.00. The Balaban J connectivity index is 2.05. The van der Waals surface area contributed by atoms with E-state index in [1.807, 2.05) is 0 Å². The largest absolute Gasteiger partial charge is 0.475 e. The molecule has 0 bridgehead atoms. The van der Waals surface area contributed by atoms with E-state index in [1.165, 1.54) is 20.2 Å². The van der Waals surface area contributed by atoms with Crippen LogP contribution in [0.2, 0.25) is 5.02 Å². The number of hydrogen-bond donors (Lipinski definition) is 1. The highest BCUT2D eigenvalue weighted by molar-refractivity contribution is 6.30. The molecular weight excluding hydrogens is 338 g/mol. The Bertz CT molecular complexity index is 789. The number of nitrogens with zero attached hydrogens (tertiary/aromatic N) is 4. The number of nitro groups is 1. The molecule has 10 heteroatoms. The van der Waals surface area contributed by atoms with Gasteiger partial charge < -0.3 is 4.74 Å². The number of halogens is 1. The Morgan fingerprint density at radius 2 is 2.33 bits per heavy atom. The zero-order chi connectivity index (χ0) is 17.7. The third kappa shape index (κ3) is 4.07. The smallest absolute Gasteiger partial charge is 0.350 e. The first-order valence-corrected chi connectivity index (χ1v) is 7.16. The van der Waals surface area contributed by atoms with Crippen LogP contribution in [0.15, 0.2) is 35.6 Å². The zero-order valence-corrected chi connectivity index (χ0v) is 13.6. The third-order valence-electron chi connectivity index (χ3n) is 3.08. The van der Waals surface area contributed by atoms with Gasteiger partial charge in [-0.2, -0.15) is 5.10 Å². The van der Waals surface area contributed by atoms with Crippen LogP contribution in [0.4, 0.5) is 5.69 Å². The van der Waals surface area contributed by atoms with Crippen molar-refractivity contribution < 1.29 is 14.5 Å². The second kappa shape index (κ2) is 7.55. The number of ether oxygens (including phenoxy) is 1. The third-order valence-corrected chi connectivity index (χ3v) is 3.32. The lowest BCUT2D eigenvalue weighted by Gasteiger charge is -2.09. The van der Waals surface area contributed by atoms with E-state index in [0.717, 1.165) is 10.9 Å². The molecule has 1 N–H and O–H groups in total. The Kier molecular flexibility index (Phi) is 5.48. The molecule has 0 aliphatic rings. The molecule has 2 rings (SSSR count). The van der Waals surface area contributed by atoms with E-state index >= 15 is 0 Å². The summed E-state index contributed by atoms with van der Waals surface area (Å²) in [5.74, 6) is -0.657. The maximum absolute atomic E-state index is 12.1. The zero-order valence-electron chi connectivity index (χ0n) is 12.8. The summed E-state index contributed by atoms with van der Waals surface area (Å²) in [6, 6.07) is 6.11. The molecule has 0 saturated heterocycles. The van der Waals surface area contributed by atoms with Crippen molar-refractivity contribution in [3.8, 4) is 5.88 Å². The number of hydrazone groups is 1. The Labute approximate surface area is 142 Å². The number of hydrogen-bond acceptors (Lipinski definition) is 6. The molecule has 24 heavy (non-hydrogen) atoms. The van der Waals surface area contributed by atoms with E-state index in [9.17, 15) is 14.9 Å². The summed E-state index contributed by atoms with van der Waals surface area (Å²) in [7, 11) is 1.26. The van der Waals surface area contributed by atoms with E-state index in [2.05, 4.69) is 15.6 Å². The molecule has 0 aliphatic carbocycles. The minimum absolute atomic E-state index is 0.165. The number of methoxy groups -OCH3 is 1. The highest BCUT2D eigenvalue weighted by Gasteiger charge is 2.25. The molecular formula is C14H14ClN5O4. The fraction of sp³-hybridized carbons (Fsp3) is 0.214. The van der Waals surface area contributed by atoms with Gasteiger partial charge in [-0.25, -0.2) is 10.1 Å². The molecule has 1 amide bonds.